The van der Waals surface area contributed by atoms with Gasteiger partial charge in [-0.05, 0) is 70.0 Å². The number of aryl methyl sites for hydroxylation is 1. The van der Waals surface area contributed by atoms with Gasteiger partial charge in [0.2, 0.25) is 12.5 Å². The van der Waals surface area contributed by atoms with Crippen molar-refractivity contribution in [3.8, 4) is 6.01 Å². The van der Waals surface area contributed by atoms with E-state index >= 15 is 0 Å². The zero-order valence-corrected chi connectivity index (χ0v) is 25.9. The summed E-state index contributed by atoms with van der Waals surface area (Å²) in [4.78, 5) is 35.3. The predicted molar refractivity (Wildman–Crippen MR) is 166 cm³/mol. The van der Waals surface area contributed by atoms with E-state index in [0.717, 1.165) is 43.0 Å². The van der Waals surface area contributed by atoms with Crippen molar-refractivity contribution in [1.82, 2.24) is 19.8 Å². The molecule has 2 saturated heterocycles. The second-order valence-corrected chi connectivity index (χ2v) is 11.9. The summed E-state index contributed by atoms with van der Waals surface area (Å²) in [6, 6.07) is 7.06. The minimum atomic E-state index is -0.203. The van der Waals surface area contributed by atoms with E-state index in [9.17, 15) is 4.79 Å². The maximum absolute atomic E-state index is 12.9. The highest BCUT2D eigenvalue weighted by molar-refractivity contribution is 9.09. The number of piperazine rings is 1. The number of alkyl halides is 1. The van der Waals surface area contributed by atoms with Crippen LogP contribution in [0.3, 0.4) is 0 Å². The number of hydrogen-bond donors (Lipinski definition) is 0. The van der Waals surface area contributed by atoms with Crippen molar-refractivity contribution in [3.63, 3.8) is 0 Å². The fraction of sp³-hybridized carbons (Fsp3) is 0.548. The summed E-state index contributed by atoms with van der Waals surface area (Å²) in [6.07, 6.45) is 6.53. The van der Waals surface area contributed by atoms with E-state index in [2.05, 4.69) is 74.6 Å². The second kappa shape index (κ2) is 13.2. The molecule has 41 heavy (non-hydrogen) atoms. The van der Waals surface area contributed by atoms with Crippen LogP contribution < -0.4 is 14.5 Å². The van der Waals surface area contributed by atoms with Gasteiger partial charge >= 0.3 is 6.01 Å². The second-order valence-electron chi connectivity index (χ2n) is 11.3. The number of nitrogens with zero attached hydrogens (tertiary/aromatic N) is 7. The normalized spacial score (nSPS) is 21.3. The molecule has 1 aromatic heterocycles. The lowest BCUT2D eigenvalue weighted by molar-refractivity contribution is -0.128. The van der Waals surface area contributed by atoms with E-state index in [0.29, 0.717) is 50.2 Å². The van der Waals surface area contributed by atoms with E-state index in [-0.39, 0.29) is 18.5 Å². The molecule has 2 fully saturated rings. The maximum atomic E-state index is 12.9. The molecule has 0 N–H and O–H groups in total. The molecule has 0 spiro atoms. The third kappa shape index (κ3) is 6.52. The minimum absolute atomic E-state index is 0.0451. The molecular weight excluding hydrogens is 582 g/mol. The third-order valence-corrected chi connectivity index (χ3v) is 9.11. The van der Waals surface area contributed by atoms with Gasteiger partial charge < -0.3 is 29.2 Å². The molecule has 1 aromatic carbocycles. The van der Waals surface area contributed by atoms with E-state index in [4.69, 9.17) is 21.3 Å². The summed E-state index contributed by atoms with van der Waals surface area (Å²) in [6.45, 7) is 17.1. The fourth-order valence-electron chi connectivity index (χ4n) is 6.20. The van der Waals surface area contributed by atoms with E-state index in [1.54, 1.807) is 12.2 Å². The van der Waals surface area contributed by atoms with Crippen LogP contribution in [0.1, 0.15) is 35.2 Å². The molecule has 2 atom stereocenters. The Labute approximate surface area is 252 Å². The number of ether oxygens (including phenoxy) is 1. The Bertz CT molecular complexity index is 1330. The first-order valence-corrected chi connectivity index (χ1v) is 15.7. The Morgan fingerprint density at radius 1 is 1.17 bits per heavy atom. The number of allylic oxidation sites excluding steroid dienone is 1. The highest BCUT2D eigenvalue weighted by atomic mass is 79.9. The monoisotopic (exact) mass is 621 g/mol. The Kier molecular flexibility index (Phi) is 9.46. The molecule has 9 nitrogen and oxygen atoms in total. The van der Waals surface area contributed by atoms with Gasteiger partial charge in [-0.25, -0.2) is 6.57 Å². The molecular formula is C31H40BrN7O2. The van der Waals surface area contributed by atoms with Crippen LogP contribution in [-0.2, 0) is 17.8 Å². The quantitative estimate of drug-likeness (QED) is 0.251. The first-order valence-electron chi connectivity index (χ1n) is 14.5. The van der Waals surface area contributed by atoms with Crippen molar-refractivity contribution in [2.75, 3.05) is 68.1 Å². The number of carbonyl (C=O) groups excluding carboxylic acids is 1. The lowest BCUT2D eigenvalue weighted by Gasteiger charge is -2.41. The summed E-state index contributed by atoms with van der Waals surface area (Å²) >= 11 is 3.35. The maximum Gasteiger partial charge on any atom is 0.318 e. The van der Waals surface area contributed by atoms with Gasteiger partial charge in [-0.2, -0.15) is 9.97 Å². The van der Waals surface area contributed by atoms with Crippen LogP contribution in [0.2, 0.25) is 0 Å². The van der Waals surface area contributed by atoms with Gasteiger partial charge in [0.1, 0.15) is 18.5 Å². The van der Waals surface area contributed by atoms with Crippen molar-refractivity contribution in [3.05, 3.63) is 64.2 Å². The first-order chi connectivity index (χ1) is 19.9. The Hall–Kier alpha value is -3.16. The number of rotatable bonds is 8. The molecule has 1 amide bonds. The largest absolute Gasteiger partial charge is 0.462 e. The van der Waals surface area contributed by atoms with Gasteiger partial charge in [-0.3, -0.25) is 4.79 Å². The fourth-order valence-corrected chi connectivity index (χ4v) is 6.39. The summed E-state index contributed by atoms with van der Waals surface area (Å²) in [5, 5.41) is 0.623. The van der Waals surface area contributed by atoms with E-state index < -0.39 is 0 Å². The number of benzene rings is 1. The van der Waals surface area contributed by atoms with Crippen LogP contribution in [0.25, 0.3) is 4.85 Å². The molecule has 218 valence electrons. The number of likely N-dealkylation sites (tertiary alicyclic amines) is 1. The van der Waals surface area contributed by atoms with Crippen molar-refractivity contribution in [2.45, 2.75) is 51.7 Å². The Morgan fingerprint density at radius 3 is 2.78 bits per heavy atom. The minimum Gasteiger partial charge on any atom is -0.462 e. The number of aromatic nitrogens is 2. The predicted octanol–water partition coefficient (Wildman–Crippen LogP) is 4.02. The van der Waals surface area contributed by atoms with Crippen molar-refractivity contribution >= 4 is 33.3 Å². The number of likely N-dealkylation sites (N-methyl/N-ethyl adjacent to an activating group) is 1. The molecule has 0 saturated carbocycles. The van der Waals surface area contributed by atoms with Crippen LogP contribution >= 0.6 is 15.9 Å². The number of anilines is 2. The summed E-state index contributed by atoms with van der Waals surface area (Å²) in [5.74, 6) is 0.847. The van der Waals surface area contributed by atoms with Crippen molar-refractivity contribution < 1.29 is 9.53 Å². The molecule has 2 aromatic rings. The smallest absolute Gasteiger partial charge is 0.318 e. The number of hydrogen-bond acceptors (Lipinski definition) is 7. The topological polar surface area (TPSA) is 69.4 Å². The molecule has 10 heteroatoms. The third-order valence-electron chi connectivity index (χ3n) is 8.73. The molecule has 0 aliphatic carbocycles. The first kappa shape index (κ1) is 29.3. The standard InChI is InChI=1S/C31H40BrN7O2/c1-22-8-5-10-28(23(22)2)37-15-12-26-27(20-37)34-31(41-21-24-9-7-14-36(24)4)35-30(26)38-16-17-39(25(19-38)18-33-3)29(40)11-6-13-32/h5-6,8,10-11,24-25H,7,9,12-21H2,1-2,4H3/b11-6+/t24-,25-/m0/s1. The van der Waals surface area contributed by atoms with Crippen LogP contribution in [-0.4, -0.2) is 96.0 Å². The average molecular weight is 623 g/mol. The van der Waals surface area contributed by atoms with Crippen molar-refractivity contribution in [2.24, 2.45) is 0 Å². The summed E-state index contributed by atoms with van der Waals surface area (Å²) in [7, 11) is 2.15. The highest BCUT2D eigenvalue weighted by Crippen LogP contribution is 2.34. The van der Waals surface area contributed by atoms with Crippen LogP contribution in [0.4, 0.5) is 11.5 Å². The van der Waals surface area contributed by atoms with Gasteiger partial charge in [0.25, 0.3) is 0 Å². The van der Waals surface area contributed by atoms with Gasteiger partial charge in [-0.15, -0.1) is 0 Å². The number of carbonyl (C=O) groups is 1. The molecule has 5 rings (SSSR count). The lowest BCUT2D eigenvalue weighted by atomic mass is 10.0. The number of fused-ring (bicyclic) bond motifs is 1. The zero-order valence-electron chi connectivity index (χ0n) is 24.4. The molecule has 0 unspecified atom stereocenters. The van der Waals surface area contributed by atoms with E-state index in [1.165, 1.54) is 23.2 Å². The van der Waals surface area contributed by atoms with Crippen LogP contribution in [0.5, 0.6) is 6.01 Å². The number of amides is 1. The van der Waals surface area contributed by atoms with Crippen LogP contribution in [0.15, 0.2) is 30.4 Å². The van der Waals surface area contributed by atoms with Crippen LogP contribution in [0, 0.1) is 20.4 Å². The number of halogens is 1. The van der Waals surface area contributed by atoms with Gasteiger partial charge in [0.05, 0.1) is 12.2 Å². The molecule has 4 heterocycles. The molecule has 3 aliphatic rings. The van der Waals surface area contributed by atoms with Gasteiger partial charge in [0, 0.05) is 48.8 Å². The summed E-state index contributed by atoms with van der Waals surface area (Å²) < 4.78 is 6.28. The SMILES string of the molecule is [C-]#[N+]C[C@H]1CN(c2nc(OC[C@@H]3CCCN3C)nc3c2CCN(c2cccc(C)c2C)C3)CCN1C(=O)/C=C/CBr. The Morgan fingerprint density at radius 2 is 2.02 bits per heavy atom. The summed E-state index contributed by atoms with van der Waals surface area (Å²) in [5.41, 5.74) is 5.97. The van der Waals surface area contributed by atoms with Gasteiger partial charge in [-0.1, -0.05) is 34.1 Å². The lowest BCUT2D eigenvalue weighted by Crippen LogP contribution is -2.56. The zero-order chi connectivity index (χ0) is 28.9. The highest BCUT2D eigenvalue weighted by Gasteiger charge is 2.35. The molecule has 3 aliphatic heterocycles. The van der Waals surface area contributed by atoms with Crippen molar-refractivity contribution in [1.29, 1.82) is 0 Å². The van der Waals surface area contributed by atoms with Gasteiger partial charge in [0.15, 0.2) is 0 Å². The Balaban J connectivity index is 1.44. The van der Waals surface area contributed by atoms with E-state index in [1.807, 2.05) is 4.90 Å². The average Bonchev–Trinajstić information content (AvgIpc) is 3.40. The molecule has 0 bridgehead atoms. The molecule has 0 radical (unpaired) electrons.